The Hall–Kier alpha value is -2.25. The molecule has 4 rings (SSSR count). The van der Waals surface area contributed by atoms with Gasteiger partial charge < -0.3 is 5.32 Å². The molecule has 1 amide bonds. The van der Waals surface area contributed by atoms with Crippen LogP contribution in [0, 0.1) is 5.82 Å². The van der Waals surface area contributed by atoms with Crippen molar-refractivity contribution < 1.29 is 17.6 Å². The zero-order chi connectivity index (χ0) is 19.0. The second kappa shape index (κ2) is 7.05. The maximum atomic E-state index is 13.1. The van der Waals surface area contributed by atoms with Gasteiger partial charge in [-0.05, 0) is 67.6 Å². The van der Waals surface area contributed by atoms with Crippen LogP contribution in [0.25, 0.3) is 0 Å². The highest BCUT2D eigenvalue weighted by atomic mass is 32.2. The summed E-state index contributed by atoms with van der Waals surface area (Å²) < 4.78 is 40.6. The molecule has 2 aliphatic carbocycles. The minimum absolute atomic E-state index is 0.0297. The standard InChI is InChI=1S/C20H21FN2O3S/c21-16-5-11-19(12-6-16)27(25,26)23(18-9-10-18)13-14-1-3-15(4-2-14)20(24)22-17-7-8-17/h1-6,11-12,17-18H,7-10,13H2,(H,22,24). The van der Waals surface area contributed by atoms with Gasteiger partial charge in [0.2, 0.25) is 10.0 Å². The van der Waals surface area contributed by atoms with Gasteiger partial charge in [-0.3, -0.25) is 4.79 Å². The van der Waals surface area contributed by atoms with Crippen LogP contribution in [-0.2, 0) is 16.6 Å². The number of carbonyl (C=O) groups is 1. The summed E-state index contributed by atoms with van der Waals surface area (Å²) in [5.41, 5.74) is 1.39. The minimum Gasteiger partial charge on any atom is -0.349 e. The van der Waals surface area contributed by atoms with Crippen molar-refractivity contribution in [3.05, 3.63) is 65.5 Å². The van der Waals surface area contributed by atoms with Crippen molar-refractivity contribution in [2.75, 3.05) is 0 Å². The molecule has 2 aromatic rings. The van der Waals surface area contributed by atoms with Crippen molar-refractivity contribution in [3.63, 3.8) is 0 Å². The van der Waals surface area contributed by atoms with Crippen LogP contribution in [0.5, 0.6) is 0 Å². The third-order valence-corrected chi connectivity index (χ3v) is 6.75. The molecule has 142 valence electrons. The SMILES string of the molecule is O=C(NC1CC1)c1ccc(CN(C2CC2)S(=O)(=O)c2ccc(F)cc2)cc1. The fourth-order valence-electron chi connectivity index (χ4n) is 2.95. The molecular weight excluding hydrogens is 367 g/mol. The lowest BCUT2D eigenvalue weighted by Gasteiger charge is -2.22. The Morgan fingerprint density at radius 3 is 2.19 bits per heavy atom. The first kappa shape index (κ1) is 18.1. The van der Waals surface area contributed by atoms with E-state index in [0.29, 0.717) is 11.6 Å². The summed E-state index contributed by atoms with van der Waals surface area (Å²) in [7, 11) is -3.70. The molecule has 0 heterocycles. The second-order valence-corrected chi connectivity index (χ2v) is 9.07. The van der Waals surface area contributed by atoms with Crippen molar-refractivity contribution >= 4 is 15.9 Å². The highest BCUT2D eigenvalue weighted by Gasteiger charge is 2.38. The number of hydrogen-bond donors (Lipinski definition) is 1. The van der Waals surface area contributed by atoms with E-state index in [9.17, 15) is 17.6 Å². The smallest absolute Gasteiger partial charge is 0.251 e. The maximum Gasteiger partial charge on any atom is 0.251 e. The zero-order valence-corrected chi connectivity index (χ0v) is 15.6. The first-order valence-electron chi connectivity index (χ1n) is 9.11. The molecule has 0 spiro atoms. The predicted molar refractivity (Wildman–Crippen MR) is 99.1 cm³/mol. The van der Waals surface area contributed by atoms with Gasteiger partial charge in [0, 0.05) is 24.2 Å². The molecule has 27 heavy (non-hydrogen) atoms. The van der Waals surface area contributed by atoms with E-state index in [1.54, 1.807) is 24.3 Å². The molecule has 0 unspecified atom stereocenters. The van der Waals surface area contributed by atoms with Gasteiger partial charge in [0.25, 0.3) is 5.91 Å². The Morgan fingerprint density at radius 1 is 1.00 bits per heavy atom. The number of halogens is 1. The first-order valence-corrected chi connectivity index (χ1v) is 10.5. The highest BCUT2D eigenvalue weighted by Crippen LogP contribution is 2.33. The molecule has 0 bridgehead atoms. The van der Waals surface area contributed by atoms with Gasteiger partial charge in [0.15, 0.2) is 0 Å². The lowest BCUT2D eigenvalue weighted by atomic mass is 10.1. The largest absolute Gasteiger partial charge is 0.349 e. The fourth-order valence-corrected chi connectivity index (χ4v) is 4.63. The topological polar surface area (TPSA) is 66.5 Å². The van der Waals surface area contributed by atoms with Crippen molar-refractivity contribution in [2.24, 2.45) is 0 Å². The molecule has 7 heteroatoms. The molecule has 0 atom stereocenters. The fraction of sp³-hybridized carbons (Fsp3) is 0.350. The minimum atomic E-state index is -3.70. The van der Waals surface area contributed by atoms with Crippen LogP contribution in [0.1, 0.15) is 41.6 Å². The van der Waals surface area contributed by atoms with Crippen molar-refractivity contribution in [1.29, 1.82) is 0 Å². The summed E-state index contributed by atoms with van der Waals surface area (Å²) in [5.74, 6) is -0.561. The first-order chi connectivity index (χ1) is 12.9. The van der Waals surface area contributed by atoms with E-state index in [-0.39, 0.29) is 23.4 Å². The van der Waals surface area contributed by atoms with Gasteiger partial charge in [-0.2, -0.15) is 4.31 Å². The number of benzene rings is 2. The molecule has 0 aliphatic heterocycles. The molecule has 5 nitrogen and oxygen atoms in total. The average molecular weight is 388 g/mol. The summed E-state index contributed by atoms with van der Waals surface area (Å²) >= 11 is 0. The van der Waals surface area contributed by atoms with E-state index >= 15 is 0 Å². The van der Waals surface area contributed by atoms with E-state index in [4.69, 9.17) is 0 Å². The lowest BCUT2D eigenvalue weighted by Crippen LogP contribution is -2.32. The van der Waals surface area contributed by atoms with Gasteiger partial charge >= 0.3 is 0 Å². The summed E-state index contributed by atoms with van der Waals surface area (Å²) in [5, 5.41) is 2.93. The molecule has 1 N–H and O–H groups in total. The normalized spacial score (nSPS) is 17.1. The van der Waals surface area contributed by atoms with E-state index in [1.807, 2.05) is 0 Å². The number of nitrogens with zero attached hydrogens (tertiary/aromatic N) is 1. The van der Waals surface area contributed by atoms with Crippen molar-refractivity contribution in [3.8, 4) is 0 Å². The van der Waals surface area contributed by atoms with E-state index in [2.05, 4.69) is 5.32 Å². The van der Waals surface area contributed by atoms with Gasteiger partial charge in [0.1, 0.15) is 5.82 Å². The summed E-state index contributed by atoms with van der Waals surface area (Å²) in [6, 6.07) is 12.2. The van der Waals surface area contributed by atoms with Crippen molar-refractivity contribution in [2.45, 2.75) is 49.2 Å². The van der Waals surface area contributed by atoms with E-state index in [0.717, 1.165) is 43.4 Å². The molecule has 0 saturated heterocycles. The molecule has 0 aromatic heterocycles. The Labute approximate surface area is 158 Å². The van der Waals surface area contributed by atoms with Gasteiger partial charge in [-0.25, -0.2) is 12.8 Å². The zero-order valence-electron chi connectivity index (χ0n) is 14.8. The van der Waals surface area contributed by atoms with Crippen molar-refractivity contribution in [1.82, 2.24) is 9.62 Å². The highest BCUT2D eigenvalue weighted by molar-refractivity contribution is 7.89. The average Bonchev–Trinajstić information content (AvgIpc) is 3.55. The molecule has 0 radical (unpaired) electrons. The summed E-state index contributed by atoms with van der Waals surface area (Å²) in [6.45, 7) is 0.231. The number of sulfonamides is 1. The van der Waals surface area contributed by atoms with Crippen LogP contribution in [0.3, 0.4) is 0 Å². The number of carbonyl (C=O) groups excluding carboxylic acids is 1. The molecule has 2 aromatic carbocycles. The number of hydrogen-bond acceptors (Lipinski definition) is 3. The third-order valence-electron chi connectivity index (χ3n) is 4.84. The number of nitrogens with one attached hydrogen (secondary N) is 1. The van der Waals surface area contributed by atoms with Crippen LogP contribution in [-0.4, -0.2) is 30.7 Å². The third kappa shape index (κ3) is 4.20. The van der Waals surface area contributed by atoms with Crippen LogP contribution in [0.2, 0.25) is 0 Å². The Kier molecular flexibility index (Phi) is 4.74. The van der Waals surface area contributed by atoms with Crippen LogP contribution < -0.4 is 5.32 Å². The Morgan fingerprint density at radius 2 is 1.63 bits per heavy atom. The van der Waals surface area contributed by atoms with Gasteiger partial charge in [0.05, 0.1) is 4.90 Å². The summed E-state index contributed by atoms with van der Waals surface area (Å²) in [4.78, 5) is 12.2. The molecule has 2 aliphatic rings. The van der Waals surface area contributed by atoms with Crippen LogP contribution in [0.15, 0.2) is 53.4 Å². The Bertz CT molecular complexity index is 934. The summed E-state index contributed by atoms with van der Waals surface area (Å²) in [6.07, 6.45) is 3.70. The monoisotopic (exact) mass is 388 g/mol. The van der Waals surface area contributed by atoms with E-state index < -0.39 is 15.8 Å². The van der Waals surface area contributed by atoms with Crippen LogP contribution in [0.4, 0.5) is 4.39 Å². The molecule has 2 saturated carbocycles. The second-order valence-electron chi connectivity index (χ2n) is 7.18. The molecular formula is C20H21FN2O3S. The predicted octanol–water partition coefficient (Wildman–Crippen LogP) is 3.07. The number of amides is 1. The van der Waals surface area contributed by atoms with Gasteiger partial charge in [-0.15, -0.1) is 0 Å². The Balaban J connectivity index is 1.51. The maximum absolute atomic E-state index is 13.1. The van der Waals surface area contributed by atoms with Gasteiger partial charge in [-0.1, -0.05) is 12.1 Å². The van der Waals surface area contributed by atoms with Crippen LogP contribution >= 0.6 is 0 Å². The number of rotatable bonds is 7. The lowest BCUT2D eigenvalue weighted by molar-refractivity contribution is 0.0951. The molecule has 2 fully saturated rings. The quantitative estimate of drug-likeness (QED) is 0.793. The van der Waals surface area contributed by atoms with E-state index in [1.165, 1.54) is 16.4 Å².